The van der Waals surface area contributed by atoms with Crippen molar-refractivity contribution >= 4 is 29.1 Å². The highest BCUT2D eigenvalue weighted by Gasteiger charge is 2.23. The summed E-state index contributed by atoms with van der Waals surface area (Å²) in [7, 11) is 0. The third-order valence-electron chi connectivity index (χ3n) is 3.91. The van der Waals surface area contributed by atoms with Crippen molar-refractivity contribution < 1.29 is 19.1 Å². The van der Waals surface area contributed by atoms with E-state index in [1.54, 1.807) is 29.2 Å². The molecular formula is C17H17ClN2O4. The quantitative estimate of drug-likeness (QED) is 0.893. The number of aliphatic hydroxyl groups is 1. The van der Waals surface area contributed by atoms with Gasteiger partial charge in [0, 0.05) is 24.3 Å². The van der Waals surface area contributed by atoms with Gasteiger partial charge in [0.25, 0.3) is 11.8 Å². The molecule has 3 rings (SSSR count). The molecule has 1 atom stereocenters. The lowest BCUT2D eigenvalue weighted by molar-refractivity contribution is 0.0474. The SMILES string of the molecule is O=C(Nc1cccc(C(=O)N2CCCC(O)C2)c1)c1ccoc1Cl. The Bertz CT molecular complexity index is 759. The summed E-state index contributed by atoms with van der Waals surface area (Å²) in [5.41, 5.74) is 1.17. The number of halogens is 1. The third kappa shape index (κ3) is 3.60. The minimum Gasteiger partial charge on any atom is -0.452 e. The van der Waals surface area contributed by atoms with Gasteiger partial charge < -0.3 is 19.7 Å². The van der Waals surface area contributed by atoms with Crippen LogP contribution in [0.25, 0.3) is 0 Å². The lowest BCUT2D eigenvalue weighted by atomic mass is 10.1. The summed E-state index contributed by atoms with van der Waals surface area (Å²) in [5, 5.41) is 12.4. The number of nitrogens with zero attached hydrogens (tertiary/aromatic N) is 1. The fraction of sp³-hybridized carbons (Fsp3) is 0.294. The van der Waals surface area contributed by atoms with Crippen molar-refractivity contribution in [1.29, 1.82) is 0 Å². The lowest BCUT2D eigenvalue weighted by Crippen LogP contribution is -2.42. The van der Waals surface area contributed by atoms with Gasteiger partial charge in [-0.05, 0) is 48.7 Å². The number of benzene rings is 1. The number of aliphatic hydroxyl groups excluding tert-OH is 1. The first-order valence-electron chi connectivity index (χ1n) is 7.66. The summed E-state index contributed by atoms with van der Waals surface area (Å²) in [6.07, 6.45) is 2.35. The van der Waals surface area contributed by atoms with E-state index in [4.69, 9.17) is 16.0 Å². The third-order valence-corrected chi connectivity index (χ3v) is 4.21. The molecule has 2 amide bonds. The van der Waals surface area contributed by atoms with Crippen molar-refractivity contribution in [1.82, 2.24) is 4.90 Å². The van der Waals surface area contributed by atoms with Crippen LogP contribution in [0.3, 0.4) is 0 Å². The summed E-state index contributed by atoms with van der Waals surface area (Å²) in [6, 6.07) is 8.15. The van der Waals surface area contributed by atoms with Crippen LogP contribution >= 0.6 is 11.6 Å². The standard InChI is InChI=1S/C17H17ClN2O4/c18-15-14(6-8-24-15)16(22)19-12-4-1-3-11(9-12)17(23)20-7-2-5-13(21)10-20/h1,3-4,6,8-9,13,21H,2,5,7,10H2,(H,19,22). The molecule has 2 aromatic rings. The Hall–Kier alpha value is -2.31. The largest absolute Gasteiger partial charge is 0.452 e. The highest BCUT2D eigenvalue weighted by Crippen LogP contribution is 2.20. The normalized spacial score (nSPS) is 17.6. The van der Waals surface area contributed by atoms with E-state index in [1.165, 1.54) is 12.3 Å². The first-order chi connectivity index (χ1) is 11.5. The van der Waals surface area contributed by atoms with Crippen molar-refractivity contribution in [2.45, 2.75) is 18.9 Å². The Kier molecular flexibility index (Phi) is 4.87. The van der Waals surface area contributed by atoms with Gasteiger partial charge in [0.1, 0.15) is 0 Å². The summed E-state index contributed by atoms with van der Waals surface area (Å²) < 4.78 is 4.89. The van der Waals surface area contributed by atoms with Crippen molar-refractivity contribution in [3.8, 4) is 0 Å². The van der Waals surface area contributed by atoms with Crippen LogP contribution in [0.2, 0.25) is 5.22 Å². The number of furan rings is 1. The predicted molar refractivity (Wildman–Crippen MR) is 89.3 cm³/mol. The second kappa shape index (κ2) is 7.07. The fourth-order valence-corrected chi connectivity index (χ4v) is 2.91. The van der Waals surface area contributed by atoms with Crippen molar-refractivity contribution in [2.75, 3.05) is 18.4 Å². The van der Waals surface area contributed by atoms with Gasteiger partial charge >= 0.3 is 0 Å². The van der Waals surface area contributed by atoms with E-state index in [0.29, 0.717) is 30.8 Å². The minimum atomic E-state index is -0.478. The Labute approximate surface area is 144 Å². The Morgan fingerprint density at radius 1 is 1.33 bits per heavy atom. The molecule has 2 heterocycles. The Morgan fingerprint density at radius 3 is 2.88 bits per heavy atom. The van der Waals surface area contributed by atoms with Gasteiger partial charge in [-0.1, -0.05) is 6.07 Å². The number of hydrogen-bond donors (Lipinski definition) is 2. The van der Waals surface area contributed by atoms with Crippen LogP contribution in [-0.4, -0.2) is 41.0 Å². The molecule has 1 aromatic carbocycles. The molecule has 1 aromatic heterocycles. The number of piperidine rings is 1. The maximum atomic E-state index is 12.5. The molecule has 1 aliphatic heterocycles. The molecule has 24 heavy (non-hydrogen) atoms. The number of rotatable bonds is 3. The zero-order valence-corrected chi connectivity index (χ0v) is 13.6. The summed E-state index contributed by atoms with van der Waals surface area (Å²) in [5.74, 6) is -0.571. The average Bonchev–Trinajstić information content (AvgIpc) is 3.00. The molecule has 0 saturated carbocycles. The van der Waals surface area contributed by atoms with Gasteiger partial charge in [0.2, 0.25) is 5.22 Å². The maximum absolute atomic E-state index is 12.5. The molecule has 1 fully saturated rings. The molecule has 1 aliphatic rings. The molecule has 7 heteroatoms. The van der Waals surface area contributed by atoms with E-state index >= 15 is 0 Å². The Balaban J connectivity index is 1.73. The molecule has 2 N–H and O–H groups in total. The van der Waals surface area contributed by atoms with Gasteiger partial charge in [-0.2, -0.15) is 0 Å². The molecule has 126 valence electrons. The molecule has 1 saturated heterocycles. The number of nitrogens with one attached hydrogen (secondary N) is 1. The summed E-state index contributed by atoms with van der Waals surface area (Å²) >= 11 is 5.79. The van der Waals surface area contributed by atoms with Crippen LogP contribution in [0.4, 0.5) is 5.69 Å². The van der Waals surface area contributed by atoms with Crippen LogP contribution in [-0.2, 0) is 0 Å². The van der Waals surface area contributed by atoms with Crippen molar-refractivity contribution in [2.24, 2.45) is 0 Å². The topological polar surface area (TPSA) is 82.8 Å². The van der Waals surface area contributed by atoms with E-state index in [-0.39, 0.29) is 16.7 Å². The molecule has 0 bridgehead atoms. The predicted octanol–water partition coefficient (Wildman–Crippen LogP) is 2.78. The number of hydrogen-bond acceptors (Lipinski definition) is 4. The lowest BCUT2D eigenvalue weighted by Gasteiger charge is -2.30. The number of carbonyl (C=O) groups excluding carboxylic acids is 2. The van der Waals surface area contributed by atoms with E-state index in [2.05, 4.69) is 5.32 Å². The smallest absolute Gasteiger partial charge is 0.260 e. The minimum absolute atomic E-state index is 0.0158. The van der Waals surface area contributed by atoms with E-state index < -0.39 is 12.0 Å². The second-order valence-corrected chi connectivity index (χ2v) is 6.03. The molecule has 0 aliphatic carbocycles. The van der Waals surface area contributed by atoms with Crippen molar-refractivity contribution in [3.05, 3.63) is 52.9 Å². The zero-order chi connectivity index (χ0) is 17.1. The van der Waals surface area contributed by atoms with E-state index in [9.17, 15) is 14.7 Å². The van der Waals surface area contributed by atoms with Crippen LogP contribution in [0.1, 0.15) is 33.6 Å². The average molecular weight is 349 g/mol. The zero-order valence-electron chi connectivity index (χ0n) is 12.9. The first kappa shape index (κ1) is 16.5. The highest BCUT2D eigenvalue weighted by molar-refractivity contribution is 6.32. The van der Waals surface area contributed by atoms with Gasteiger partial charge in [0.05, 0.1) is 17.9 Å². The fourth-order valence-electron chi connectivity index (χ4n) is 2.71. The van der Waals surface area contributed by atoms with Crippen molar-refractivity contribution in [3.63, 3.8) is 0 Å². The van der Waals surface area contributed by atoms with Crippen LogP contribution in [0, 0.1) is 0 Å². The highest BCUT2D eigenvalue weighted by atomic mass is 35.5. The monoisotopic (exact) mass is 348 g/mol. The molecule has 0 radical (unpaired) electrons. The summed E-state index contributed by atoms with van der Waals surface area (Å²) in [6.45, 7) is 0.956. The summed E-state index contributed by atoms with van der Waals surface area (Å²) in [4.78, 5) is 26.3. The van der Waals surface area contributed by atoms with Crippen LogP contribution < -0.4 is 5.32 Å². The molecule has 6 nitrogen and oxygen atoms in total. The van der Waals surface area contributed by atoms with Gasteiger partial charge in [-0.25, -0.2) is 0 Å². The number of β-amino-alcohol motifs (C(OH)–C–C–N with tert-alkyl or cyclic N) is 1. The van der Waals surface area contributed by atoms with Gasteiger partial charge in [-0.3, -0.25) is 9.59 Å². The molecule has 1 unspecified atom stereocenters. The second-order valence-electron chi connectivity index (χ2n) is 5.69. The maximum Gasteiger partial charge on any atom is 0.260 e. The van der Waals surface area contributed by atoms with Gasteiger partial charge in [-0.15, -0.1) is 0 Å². The molecular weight excluding hydrogens is 332 g/mol. The Morgan fingerprint density at radius 2 is 2.17 bits per heavy atom. The van der Waals surface area contributed by atoms with Gasteiger partial charge in [0.15, 0.2) is 0 Å². The van der Waals surface area contributed by atoms with Crippen LogP contribution in [0.15, 0.2) is 41.0 Å². The molecule has 0 spiro atoms. The number of carbonyl (C=O) groups is 2. The van der Waals surface area contributed by atoms with Crippen LogP contribution in [0.5, 0.6) is 0 Å². The van der Waals surface area contributed by atoms with E-state index in [0.717, 1.165) is 6.42 Å². The van der Waals surface area contributed by atoms with E-state index in [1.807, 2.05) is 0 Å². The first-order valence-corrected chi connectivity index (χ1v) is 8.04. The number of anilines is 1. The number of likely N-dealkylation sites (tertiary alicyclic amines) is 1. The number of amides is 2.